The molecule has 0 radical (unpaired) electrons. The van der Waals surface area contributed by atoms with Gasteiger partial charge in [0, 0.05) is 44.8 Å². The van der Waals surface area contributed by atoms with E-state index in [1.165, 1.54) is 0 Å². The predicted molar refractivity (Wildman–Crippen MR) is 102 cm³/mol. The standard InChI is InChI=1S/C19H24N6O2/c1-2-15(12-20-4-1)25-5-3-16-17(25)22-19(24-6-8-26-9-7-24)23-18(16)27-13-14-10-21-11-14/h1-2,4,12,14,21H,3,5-11,13H2. The molecule has 8 heteroatoms. The monoisotopic (exact) mass is 368 g/mol. The van der Waals surface area contributed by atoms with Crippen molar-refractivity contribution in [2.75, 3.05) is 62.3 Å². The summed E-state index contributed by atoms with van der Waals surface area (Å²) in [5.41, 5.74) is 2.15. The van der Waals surface area contributed by atoms with Crippen LogP contribution >= 0.6 is 0 Å². The largest absolute Gasteiger partial charge is 0.477 e. The van der Waals surface area contributed by atoms with Gasteiger partial charge in [0.05, 0.1) is 37.3 Å². The second-order valence-electron chi connectivity index (χ2n) is 7.18. The third-order valence-electron chi connectivity index (χ3n) is 5.35. The Balaban J connectivity index is 1.49. The number of hydrogen-bond donors (Lipinski definition) is 1. The van der Waals surface area contributed by atoms with Gasteiger partial charge in [0.2, 0.25) is 11.8 Å². The molecule has 0 aromatic carbocycles. The lowest BCUT2D eigenvalue weighted by Crippen LogP contribution is -2.45. The van der Waals surface area contributed by atoms with Crippen LogP contribution in [0.15, 0.2) is 24.5 Å². The Morgan fingerprint density at radius 1 is 1.19 bits per heavy atom. The number of hydrogen-bond acceptors (Lipinski definition) is 8. The lowest BCUT2D eigenvalue weighted by Gasteiger charge is -2.29. The summed E-state index contributed by atoms with van der Waals surface area (Å²) in [5.74, 6) is 2.98. The molecule has 0 spiro atoms. The molecule has 2 aromatic heterocycles. The van der Waals surface area contributed by atoms with Crippen molar-refractivity contribution in [2.45, 2.75) is 6.42 Å². The molecule has 5 heterocycles. The summed E-state index contributed by atoms with van der Waals surface area (Å²) in [6.45, 7) is 6.62. The van der Waals surface area contributed by atoms with Crippen LogP contribution in [0.3, 0.4) is 0 Å². The van der Waals surface area contributed by atoms with E-state index < -0.39 is 0 Å². The lowest BCUT2D eigenvalue weighted by atomic mass is 10.1. The third kappa shape index (κ3) is 3.30. The Bertz CT molecular complexity index is 792. The maximum atomic E-state index is 6.18. The van der Waals surface area contributed by atoms with Crippen molar-refractivity contribution in [3.63, 3.8) is 0 Å². The molecular formula is C19H24N6O2. The van der Waals surface area contributed by atoms with E-state index in [4.69, 9.17) is 19.4 Å². The first-order valence-corrected chi connectivity index (χ1v) is 9.63. The van der Waals surface area contributed by atoms with Gasteiger partial charge in [-0.15, -0.1) is 0 Å². The highest BCUT2D eigenvalue weighted by molar-refractivity contribution is 5.69. The van der Waals surface area contributed by atoms with Gasteiger partial charge in [0.15, 0.2) is 0 Å². The summed E-state index contributed by atoms with van der Waals surface area (Å²) in [5, 5.41) is 3.29. The molecule has 2 saturated heterocycles. The average molecular weight is 368 g/mol. The van der Waals surface area contributed by atoms with Crippen LogP contribution in [-0.4, -0.2) is 67.5 Å². The zero-order valence-electron chi connectivity index (χ0n) is 15.3. The van der Waals surface area contributed by atoms with Crippen molar-refractivity contribution in [1.82, 2.24) is 20.3 Å². The Hall–Kier alpha value is -2.45. The van der Waals surface area contributed by atoms with Gasteiger partial charge in [-0.05, 0) is 18.6 Å². The molecular weight excluding hydrogens is 344 g/mol. The first-order valence-electron chi connectivity index (χ1n) is 9.63. The molecule has 0 atom stereocenters. The molecule has 142 valence electrons. The fourth-order valence-electron chi connectivity index (χ4n) is 3.66. The second kappa shape index (κ2) is 7.28. The molecule has 0 unspecified atom stereocenters. The Kier molecular flexibility index (Phi) is 4.51. The predicted octanol–water partition coefficient (Wildman–Crippen LogP) is 1.00. The van der Waals surface area contributed by atoms with E-state index in [1.54, 1.807) is 6.20 Å². The maximum absolute atomic E-state index is 6.18. The topological polar surface area (TPSA) is 75.6 Å². The van der Waals surface area contributed by atoms with E-state index >= 15 is 0 Å². The zero-order chi connectivity index (χ0) is 18.1. The first-order chi connectivity index (χ1) is 13.4. The maximum Gasteiger partial charge on any atom is 0.230 e. The van der Waals surface area contributed by atoms with Gasteiger partial charge in [-0.25, -0.2) is 0 Å². The minimum Gasteiger partial charge on any atom is -0.477 e. The van der Waals surface area contributed by atoms with E-state index in [0.29, 0.717) is 25.7 Å². The number of rotatable bonds is 5. The highest BCUT2D eigenvalue weighted by Gasteiger charge is 2.30. The SMILES string of the molecule is c1cncc(N2CCc3c(OCC4CNC4)nc(N4CCOCC4)nc32)c1. The number of ether oxygens (including phenoxy) is 2. The Labute approximate surface area is 158 Å². The Morgan fingerprint density at radius 2 is 2.07 bits per heavy atom. The third-order valence-corrected chi connectivity index (χ3v) is 5.35. The molecule has 5 rings (SSSR count). The van der Waals surface area contributed by atoms with Crippen LogP contribution in [0.5, 0.6) is 5.88 Å². The molecule has 27 heavy (non-hydrogen) atoms. The van der Waals surface area contributed by atoms with Crippen molar-refractivity contribution < 1.29 is 9.47 Å². The molecule has 2 fully saturated rings. The number of morpholine rings is 1. The summed E-state index contributed by atoms with van der Waals surface area (Å²) in [4.78, 5) is 18.4. The average Bonchev–Trinajstić information content (AvgIpc) is 3.12. The van der Waals surface area contributed by atoms with Gasteiger partial charge in [0.1, 0.15) is 5.82 Å². The van der Waals surface area contributed by atoms with E-state index in [9.17, 15) is 0 Å². The molecule has 0 aliphatic carbocycles. The molecule has 3 aliphatic rings. The van der Waals surface area contributed by atoms with Gasteiger partial charge in [0.25, 0.3) is 0 Å². The van der Waals surface area contributed by atoms with Crippen molar-refractivity contribution in [3.05, 3.63) is 30.1 Å². The van der Waals surface area contributed by atoms with Crippen molar-refractivity contribution >= 4 is 17.5 Å². The number of aromatic nitrogens is 3. The van der Waals surface area contributed by atoms with Crippen LogP contribution in [-0.2, 0) is 11.2 Å². The molecule has 1 N–H and O–H groups in total. The van der Waals surface area contributed by atoms with Gasteiger partial charge >= 0.3 is 0 Å². The van der Waals surface area contributed by atoms with Crippen molar-refractivity contribution in [3.8, 4) is 5.88 Å². The normalized spacial score (nSPS) is 19.7. The second-order valence-corrected chi connectivity index (χ2v) is 7.18. The quantitative estimate of drug-likeness (QED) is 0.838. The fraction of sp³-hybridized carbons (Fsp3) is 0.526. The van der Waals surface area contributed by atoms with Gasteiger partial charge in [-0.3, -0.25) is 4.98 Å². The number of nitrogens with one attached hydrogen (secondary N) is 1. The highest BCUT2D eigenvalue weighted by atomic mass is 16.5. The van der Waals surface area contributed by atoms with Gasteiger partial charge in [-0.1, -0.05) is 0 Å². The van der Waals surface area contributed by atoms with Gasteiger partial charge in [-0.2, -0.15) is 9.97 Å². The first kappa shape index (κ1) is 16.7. The summed E-state index contributed by atoms with van der Waals surface area (Å²) in [6.07, 6.45) is 4.55. The zero-order valence-corrected chi connectivity index (χ0v) is 15.3. The minimum atomic E-state index is 0.568. The van der Waals surface area contributed by atoms with Crippen molar-refractivity contribution in [2.24, 2.45) is 5.92 Å². The smallest absolute Gasteiger partial charge is 0.230 e. The van der Waals surface area contributed by atoms with Crippen LogP contribution in [0, 0.1) is 5.92 Å². The highest BCUT2D eigenvalue weighted by Crippen LogP contribution is 2.38. The molecule has 0 saturated carbocycles. The molecule has 2 aromatic rings. The molecule has 8 nitrogen and oxygen atoms in total. The molecule has 0 bridgehead atoms. The lowest BCUT2D eigenvalue weighted by molar-refractivity contribution is 0.122. The van der Waals surface area contributed by atoms with Crippen LogP contribution in [0.4, 0.5) is 17.5 Å². The fourth-order valence-corrected chi connectivity index (χ4v) is 3.66. The van der Waals surface area contributed by atoms with E-state index in [2.05, 4.69) is 26.2 Å². The van der Waals surface area contributed by atoms with Crippen LogP contribution in [0.1, 0.15) is 5.56 Å². The van der Waals surface area contributed by atoms with E-state index in [-0.39, 0.29) is 0 Å². The molecule has 0 amide bonds. The van der Waals surface area contributed by atoms with Gasteiger partial charge < -0.3 is 24.6 Å². The minimum absolute atomic E-state index is 0.568. The van der Waals surface area contributed by atoms with Crippen LogP contribution in [0.25, 0.3) is 0 Å². The number of nitrogens with zero attached hydrogens (tertiary/aromatic N) is 5. The van der Waals surface area contributed by atoms with E-state index in [1.807, 2.05) is 12.3 Å². The number of pyridine rings is 1. The Morgan fingerprint density at radius 3 is 2.81 bits per heavy atom. The summed E-state index contributed by atoms with van der Waals surface area (Å²) in [7, 11) is 0. The number of anilines is 3. The summed E-state index contributed by atoms with van der Waals surface area (Å²) < 4.78 is 11.7. The summed E-state index contributed by atoms with van der Waals surface area (Å²) >= 11 is 0. The van der Waals surface area contributed by atoms with E-state index in [0.717, 1.165) is 68.0 Å². The summed E-state index contributed by atoms with van der Waals surface area (Å²) in [6, 6.07) is 4.03. The number of fused-ring (bicyclic) bond motifs is 1. The van der Waals surface area contributed by atoms with Crippen molar-refractivity contribution in [1.29, 1.82) is 0 Å². The van der Waals surface area contributed by atoms with Crippen LogP contribution < -0.4 is 19.9 Å². The molecule has 3 aliphatic heterocycles. The van der Waals surface area contributed by atoms with Crippen LogP contribution in [0.2, 0.25) is 0 Å².